The van der Waals surface area contributed by atoms with E-state index in [1.807, 2.05) is 6.07 Å². The number of carboxylic acids is 1. The second-order valence-corrected chi connectivity index (χ2v) is 15.8. The number of benzene rings is 4. The summed E-state index contributed by atoms with van der Waals surface area (Å²) in [6.07, 6.45) is -0.617. The molecule has 1 aliphatic carbocycles. The lowest BCUT2D eigenvalue weighted by Crippen LogP contribution is -2.56. The molecule has 2 aliphatic heterocycles. The summed E-state index contributed by atoms with van der Waals surface area (Å²) < 4.78 is 101. The zero-order chi connectivity index (χ0) is 38.8. The first-order valence-electron chi connectivity index (χ1n) is 17.3. The van der Waals surface area contributed by atoms with E-state index < -0.39 is 45.6 Å². The zero-order valence-electron chi connectivity index (χ0n) is 28.7. The Morgan fingerprint density at radius 2 is 1.37 bits per heavy atom. The highest BCUT2D eigenvalue weighted by Gasteiger charge is 2.51. The van der Waals surface area contributed by atoms with Gasteiger partial charge in [0.05, 0.1) is 11.0 Å². The van der Waals surface area contributed by atoms with Crippen LogP contribution in [0.4, 0.5) is 22.0 Å². The van der Waals surface area contributed by atoms with Gasteiger partial charge in [-0.1, -0.05) is 60.1 Å². The first-order valence-corrected chi connectivity index (χ1v) is 19.1. The molecule has 1 saturated carbocycles. The van der Waals surface area contributed by atoms with E-state index in [0.717, 1.165) is 36.6 Å². The number of nitrogens with one attached hydrogen (secondary N) is 2. The van der Waals surface area contributed by atoms with Crippen molar-refractivity contribution in [3.63, 3.8) is 0 Å². The number of alkyl halides is 5. The van der Waals surface area contributed by atoms with E-state index in [2.05, 4.69) is 10.0 Å². The Morgan fingerprint density at radius 3 is 1.94 bits per heavy atom. The minimum atomic E-state index is -5.08. The molecule has 7 rings (SSSR count). The first-order chi connectivity index (χ1) is 25.5. The highest BCUT2D eigenvalue weighted by atomic mass is 35.5. The smallest absolute Gasteiger partial charge is 0.490 e. The fourth-order valence-corrected chi connectivity index (χ4v) is 8.41. The fraction of sp³-hybridized carbons (Fsp3) is 0.368. The number of hydrogen-bond donors (Lipinski definition) is 3. The number of fused-ring (bicyclic) bond motifs is 2. The highest BCUT2D eigenvalue weighted by Crippen LogP contribution is 2.37. The van der Waals surface area contributed by atoms with E-state index in [1.165, 1.54) is 41.3 Å². The zero-order valence-corrected chi connectivity index (χ0v) is 30.2. The summed E-state index contributed by atoms with van der Waals surface area (Å²) in [5, 5.41) is 12.3. The van der Waals surface area contributed by atoms with Crippen LogP contribution in [0.3, 0.4) is 0 Å². The molecule has 0 spiro atoms. The number of likely N-dealkylation sites (tertiary alicyclic amines) is 1. The van der Waals surface area contributed by atoms with Crippen molar-refractivity contribution in [1.29, 1.82) is 0 Å². The Bertz CT molecular complexity index is 2080. The molecule has 54 heavy (non-hydrogen) atoms. The van der Waals surface area contributed by atoms with Crippen LogP contribution in [0.1, 0.15) is 31.2 Å². The van der Waals surface area contributed by atoms with Gasteiger partial charge in [-0.25, -0.2) is 13.2 Å². The van der Waals surface area contributed by atoms with Gasteiger partial charge in [0, 0.05) is 36.8 Å². The number of amides is 1. The van der Waals surface area contributed by atoms with Gasteiger partial charge >= 0.3 is 12.1 Å². The summed E-state index contributed by atoms with van der Waals surface area (Å²) >= 11 is 5.99. The predicted molar refractivity (Wildman–Crippen MR) is 192 cm³/mol. The normalized spacial score (nSPS) is 19.6. The van der Waals surface area contributed by atoms with Crippen LogP contribution < -0.4 is 14.8 Å². The second-order valence-electron chi connectivity index (χ2n) is 13.7. The minimum Gasteiger partial charge on any atom is -0.490 e. The third kappa shape index (κ3) is 8.96. The van der Waals surface area contributed by atoms with Crippen LogP contribution in [-0.4, -0.2) is 74.8 Å². The number of nitrogens with zero attached hydrogens (tertiary/aromatic N) is 1. The van der Waals surface area contributed by atoms with Gasteiger partial charge < -0.3 is 20.1 Å². The van der Waals surface area contributed by atoms with E-state index >= 15 is 8.78 Å². The van der Waals surface area contributed by atoms with Crippen molar-refractivity contribution in [2.24, 2.45) is 11.8 Å². The number of aliphatic carboxylic acids is 1. The molecule has 3 atom stereocenters. The van der Waals surface area contributed by atoms with Crippen molar-refractivity contribution >= 4 is 44.3 Å². The molecule has 3 fully saturated rings. The molecule has 3 N–H and O–H groups in total. The molecule has 3 aliphatic rings. The standard InChI is InChI=1S/C36H36ClF2N3O4S.C2HF3O2/c37-30-13-7-24(8-14-30)23-5-11-29(12-6-23)36(38,39)34(35(43)42-21-27-19-40-20-28(27)22-42)41-47(44,45)33-16-10-25-17-32(15-9-26(25)18-33)46-31-3-1-2-4-31;3-2(4,5)1(6)7/h5-18,27-28,31,34,40-41H,1-4,19-22H2;(H,6,7)/t27-,28+,34-;/m0./s1. The summed E-state index contributed by atoms with van der Waals surface area (Å²) in [7, 11) is -4.55. The molecule has 9 nitrogen and oxygen atoms in total. The number of carbonyl (C=O) groups excluding carboxylic acids is 1. The van der Waals surface area contributed by atoms with Gasteiger partial charge in [-0.05, 0) is 95.8 Å². The predicted octanol–water partition coefficient (Wildman–Crippen LogP) is 7.23. The molecule has 16 heteroatoms. The van der Waals surface area contributed by atoms with E-state index in [4.69, 9.17) is 26.2 Å². The molecule has 0 unspecified atom stereocenters. The number of halogens is 6. The molecule has 2 saturated heterocycles. The summed E-state index contributed by atoms with van der Waals surface area (Å²) in [5.74, 6) is -6.56. The van der Waals surface area contributed by atoms with Crippen molar-refractivity contribution < 1.29 is 49.8 Å². The average molecular weight is 794 g/mol. The minimum absolute atomic E-state index is 0.145. The van der Waals surface area contributed by atoms with Gasteiger partial charge in [0.1, 0.15) is 5.75 Å². The number of hydrogen-bond acceptors (Lipinski definition) is 6. The number of ether oxygens (including phenoxy) is 1. The lowest BCUT2D eigenvalue weighted by atomic mass is 9.97. The number of sulfonamides is 1. The summed E-state index contributed by atoms with van der Waals surface area (Å²) in [6.45, 7) is 1.97. The van der Waals surface area contributed by atoms with Gasteiger partial charge in [0.2, 0.25) is 15.9 Å². The third-order valence-electron chi connectivity index (χ3n) is 9.97. The molecule has 0 aromatic heterocycles. The molecule has 4 aromatic rings. The van der Waals surface area contributed by atoms with Crippen molar-refractivity contribution in [3.05, 3.63) is 95.5 Å². The van der Waals surface area contributed by atoms with E-state index in [-0.39, 0.29) is 22.8 Å². The van der Waals surface area contributed by atoms with Gasteiger partial charge in [-0.3, -0.25) is 4.79 Å². The van der Waals surface area contributed by atoms with Gasteiger partial charge in [0.25, 0.3) is 5.92 Å². The lowest BCUT2D eigenvalue weighted by molar-refractivity contribution is -0.192. The van der Waals surface area contributed by atoms with E-state index in [0.29, 0.717) is 47.9 Å². The number of rotatable bonds is 9. The van der Waals surface area contributed by atoms with Crippen LogP contribution in [0.5, 0.6) is 5.75 Å². The quantitative estimate of drug-likeness (QED) is 0.153. The molecular formula is C38H37ClF5N3O6S. The molecule has 0 radical (unpaired) electrons. The first kappa shape index (κ1) is 39.4. The van der Waals surface area contributed by atoms with Crippen molar-refractivity contribution in [2.45, 2.75) is 54.8 Å². The number of carbonyl (C=O) groups is 2. The molecule has 0 bridgehead atoms. The van der Waals surface area contributed by atoms with Gasteiger partial charge in [0.15, 0.2) is 6.04 Å². The van der Waals surface area contributed by atoms with Crippen LogP contribution in [0, 0.1) is 11.8 Å². The van der Waals surface area contributed by atoms with Crippen molar-refractivity contribution in [3.8, 4) is 16.9 Å². The Hall–Kier alpha value is -4.31. The highest BCUT2D eigenvalue weighted by molar-refractivity contribution is 7.89. The summed E-state index contributed by atoms with van der Waals surface area (Å²) in [6, 6.07) is 20.0. The van der Waals surface area contributed by atoms with E-state index in [9.17, 15) is 26.4 Å². The lowest BCUT2D eigenvalue weighted by Gasteiger charge is -2.31. The fourth-order valence-electron chi connectivity index (χ4n) is 7.06. The largest absolute Gasteiger partial charge is 0.490 e. The molecule has 2 heterocycles. The third-order valence-corrected chi connectivity index (χ3v) is 11.6. The average Bonchev–Trinajstić information content (AvgIpc) is 3.90. The van der Waals surface area contributed by atoms with Crippen LogP contribution in [0.2, 0.25) is 5.02 Å². The van der Waals surface area contributed by atoms with Crippen molar-refractivity contribution in [1.82, 2.24) is 14.9 Å². The monoisotopic (exact) mass is 793 g/mol. The van der Waals surface area contributed by atoms with Crippen LogP contribution in [0.25, 0.3) is 21.9 Å². The molecule has 4 aromatic carbocycles. The number of carboxylic acid groups (broad SMARTS) is 1. The van der Waals surface area contributed by atoms with Crippen LogP contribution in [0.15, 0.2) is 89.8 Å². The molecule has 1 amide bonds. The maximum absolute atomic E-state index is 16.5. The topological polar surface area (TPSA) is 125 Å². The van der Waals surface area contributed by atoms with Gasteiger partial charge in [-0.15, -0.1) is 0 Å². The van der Waals surface area contributed by atoms with Gasteiger partial charge in [-0.2, -0.15) is 26.7 Å². The Balaban J connectivity index is 0.000000649. The summed E-state index contributed by atoms with van der Waals surface area (Å²) in [4.78, 5) is 24.0. The SMILES string of the molecule is O=C(O)C(F)(F)F.O=C([C@H](NS(=O)(=O)c1ccc2cc(OC3CCCC3)ccc2c1)C(F)(F)c1ccc(-c2ccc(Cl)cc2)cc1)N1C[C@H]2CNC[C@H]2C1. The Kier molecular flexibility index (Phi) is 11.5. The van der Waals surface area contributed by atoms with E-state index in [1.54, 1.807) is 42.5 Å². The van der Waals surface area contributed by atoms with Crippen LogP contribution >= 0.6 is 11.6 Å². The molecular weight excluding hydrogens is 757 g/mol. The Morgan fingerprint density at radius 1 is 0.833 bits per heavy atom. The maximum Gasteiger partial charge on any atom is 0.490 e. The van der Waals surface area contributed by atoms with Crippen LogP contribution in [-0.2, 0) is 25.5 Å². The Labute approximate surface area is 313 Å². The molecule has 288 valence electrons. The van der Waals surface area contributed by atoms with Crippen molar-refractivity contribution in [2.75, 3.05) is 26.2 Å². The maximum atomic E-state index is 16.5. The second kappa shape index (κ2) is 15.8. The summed E-state index contributed by atoms with van der Waals surface area (Å²) in [5.41, 5.74) is 0.992.